The van der Waals surface area contributed by atoms with Gasteiger partial charge in [-0.25, -0.2) is 0 Å². The van der Waals surface area contributed by atoms with Gasteiger partial charge in [0.05, 0.1) is 0 Å². The topological polar surface area (TPSA) is 82.2 Å². The van der Waals surface area contributed by atoms with Crippen LogP contribution in [0.3, 0.4) is 0 Å². The Hall–Kier alpha value is -2.30. The second-order valence-electron chi connectivity index (χ2n) is 5.06. The Morgan fingerprint density at radius 2 is 1.90 bits per heavy atom. The molecule has 5 heteroatoms. The fourth-order valence-corrected chi connectivity index (χ4v) is 2.34. The zero-order valence-corrected chi connectivity index (χ0v) is 11.9. The van der Waals surface area contributed by atoms with Crippen molar-refractivity contribution < 1.29 is 14.7 Å². The number of amides is 1. The maximum absolute atomic E-state index is 12.1. The molecule has 0 saturated carbocycles. The number of carboxylic acids is 1. The third-order valence-electron chi connectivity index (χ3n) is 3.44. The van der Waals surface area contributed by atoms with E-state index < -0.39 is 5.97 Å². The van der Waals surface area contributed by atoms with Crippen LogP contribution in [-0.2, 0) is 4.79 Å². The lowest BCUT2D eigenvalue weighted by atomic mass is 10.1. The van der Waals surface area contributed by atoms with Gasteiger partial charge in [0.15, 0.2) is 0 Å². The van der Waals surface area contributed by atoms with E-state index >= 15 is 0 Å². The molecule has 1 heterocycles. The summed E-state index contributed by atoms with van der Waals surface area (Å²) in [5, 5.41) is 12.4. The average Bonchev–Trinajstić information content (AvgIpc) is 2.93. The van der Waals surface area contributed by atoms with Crippen molar-refractivity contribution in [3.63, 3.8) is 0 Å². The van der Waals surface area contributed by atoms with Crippen LogP contribution in [-0.4, -0.2) is 28.5 Å². The highest BCUT2D eigenvalue weighted by atomic mass is 16.4. The highest BCUT2D eigenvalue weighted by molar-refractivity contribution is 6.06. The molecule has 1 amide bonds. The molecule has 21 heavy (non-hydrogen) atoms. The van der Waals surface area contributed by atoms with Gasteiger partial charge in [0, 0.05) is 35.6 Å². The van der Waals surface area contributed by atoms with Gasteiger partial charge in [0.2, 0.25) is 0 Å². The number of fused-ring (bicyclic) bond motifs is 1. The number of aliphatic carboxylic acids is 1. The minimum Gasteiger partial charge on any atom is -0.481 e. The monoisotopic (exact) mass is 288 g/mol. The SMILES string of the molecule is O=C(O)CCCCCCNC(=O)c1cccc2[nH]ccc12. The first-order chi connectivity index (χ1) is 10.2. The Bertz CT molecular complexity index is 619. The van der Waals surface area contributed by atoms with E-state index in [2.05, 4.69) is 10.3 Å². The molecule has 5 nitrogen and oxygen atoms in total. The highest BCUT2D eigenvalue weighted by Gasteiger charge is 2.09. The fourth-order valence-electron chi connectivity index (χ4n) is 2.34. The van der Waals surface area contributed by atoms with E-state index in [1.54, 1.807) is 0 Å². The van der Waals surface area contributed by atoms with Gasteiger partial charge in [-0.2, -0.15) is 0 Å². The lowest BCUT2D eigenvalue weighted by Gasteiger charge is -2.06. The summed E-state index contributed by atoms with van der Waals surface area (Å²) in [6.07, 6.45) is 5.43. The maximum atomic E-state index is 12.1. The number of aromatic amines is 1. The summed E-state index contributed by atoms with van der Waals surface area (Å²) < 4.78 is 0. The summed E-state index contributed by atoms with van der Waals surface area (Å²) >= 11 is 0. The first-order valence-corrected chi connectivity index (χ1v) is 7.24. The molecule has 2 aromatic rings. The molecule has 0 atom stereocenters. The molecule has 0 saturated heterocycles. The third kappa shape index (κ3) is 4.34. The number of unbranched alkanes of at least 4 members (excludes halogenated alkanes) is 3. The van der Waals surface area contributed by atoms with Crippen LogP contribution in [0.1, 0.15) is 42.5 Å². The van der Waals surface area contributed by atoms with Crippen molar-refractivity contribution >= 4 is 22.8 Å². The van der Waals surface area contributed by atoms with E-state index in [1.165, 1.54) is 0 Å². The van der Waals surface area contributed by atoms with Gasteiger partial charge in [-0.05, 0) is 31.0 Å². The molecule has 0 aliphatic heterocycles. The van der Waals surface area contributed by atoms with Gasteiger partial charge in [-0.1, -0.05) is 18.9 Å². The van der Waals surface area contributed by atoms with Crippen LogP contribution in [0.2, 0.25) is 0 Å². The predicted molar refractivity (Wildman–Crippen MR) is 81.4 cm³/mol. The smallest absolute Gasteiger partial charge is 0.303 e. The molecule has 0 radical (unpaired) electrons. The Kier molecular flexibility index (Phi) is 5.37. The second-order valence-corrected chi connectivity index (χ2v) is 5.06. The fraction of sp³-hybridized carbons (Fsp3) is 0.375. The first-order valence-electron chi connectivity index (χ1n) is 7.24. The zero-order valence-electron chi connectivity index (χ0n) is 11.9. The lowest BCUT2D eigenvalue weighted by molar-refractivity contribution is -0.137. The van der Waals surface area contributed by atoms with Crippen LogP contribution in [0, 0.1) is 0 Å². The molecular weight excluding hydrogens is 268 g/mol. The van der Waals surface area contributed by atoms with E-state index in [-0.39, 0.29) is 12.3 Å². The average molecular weight is 288 g/mol. The van der Waals surface area contributed by atoms with Crippen LogP contribution in [0.15, 0.2) is 30.5 Å². The summed E-state index contributed by atoms with van der Waals surface area (Å²) in [5.41, 5.74) is 1.64. The normalized spacial score (nSPS) is 10.7. The molecule has 0 fully saturated rings. The number of benzene rings is 1. The van der Waals surface area contributed by atoms with Crippen molar-refractivity contribution in [1.82, 2.24) is 10.3 Å². The summed E-state index contributed by atoms with van der Waals surface area (Å²) in [6.45, 7) is 0.618. The molecule has 0 aliphatic carbocycles. The van der Waals surface area contributed by atoms with Crippen molar-refractivity contribution in [3.05, 3.63) is 36.0 Å². The van der Waals surface area contributed by atoms with E-state index in [1.807, 2.05) is 30.5 Å². The number of rotatable bonds is 8. The second kappa shape index (κ2) is 7.47. The van der Waals surface area contributed by atoms with Crippen molar-refractivity contribution in [2.75, 3.05) is 6.54 Å². The number of carbonyl (C=O) groups excluding carboxylic acids is 1. The number of carboxylic acid groups (broad SMARTS) is 1. The summed E-state index contributed by atoms with van der Waals surface area (Å²) in [6, 6.07) is 7.52. The Morgan fingerprint density at radius 1 is 1.10 bits per heavy atom. The van der Waals surface area contributed by atoms with Crippen molar-refractivity contribution in [1.29, 1.82) is 0 Å². The minimum absolute atomic E-state index is 0.0641. The quantitative estimate of drug-likeness (QED) is 0.653. The van der Waals surface area contributed by atoms with Crippen molar-refractivity contribution in [2.24, 2.45) is 0 Å². The Labute approximate surface area is 123 Å². The van der Waals surface area contributed by atoms with Gasteiger partial charge in [0.25, 0.3) is 5.91 Å². The van der Waals surface area contributed by atoms with Gasteiger partial charge in [0.1, 0.15) is 0 Å². The highest BCUT2D eigenvalue weighted by Crippen LogP contribution is 2.17. The van der Waals surface area contributed by atoms with Gasteiger partial charge in [-0.3, -0.25) is 9.59 Å². The van der Waals surface area contributed by atoms with E-state index in [0.29, 0.717) is 18.5 Å². The van der Waals surface area contributed by atoms with E-state index in [9.17, 15) is 9.59 Å². The van der Waals surface area contributed by atoms with E-state index in [4.69, 9.17) is 5.11 Å². The minimum atomic E-state index is -0.747. The van der Waals surface area contributed by atoms with Crippen LogP contribution in [0.5, 0.6) is 0 Å². The predicted octanol–water partition coefficient (Wildman–Crippen LogP) is 2.93. The van der Waals surface area contributed by atoms with Gasteiger partial charge < -0.3 is 15.4 Å². The van der Waals surface area contributed by atoms with Crippen LogP contribution in [0.25, 0.3) is 10.9 Å². The number of aromatic nitrogens is 1. The standard InChI is InChI=1S/C16H20N2O3/c19-15(20)8-3-1-2-4-10-18-16(21)13-6-5-7-14-12(13)9-11-17-14/h5-7,9,11,17H,1-4,8,10H2,(H,18,21)(H,19,20). The molecule has 2 rings (SSSR count). The van der Waals surface area contributed by atoms with Gasteiger partial charge >= 0.3 is 5.97 Å². The number of H-pyrrole nitrogens is 1. The lowest BCUT2D eigenvalue weighted by Crippen LogP contribution is -2.24. The summed E-state index contributed by atoms with van der Waals surface area (Å²) in [4.78, 5) is 25.6. The number of carbonyl (C=O) groups is 2. The van der Waals surface area contributed by atoms with Crippen molar-refractivity contribution in [2.45, 2.75) is 32.1 Å². The molecule has 0 unspecified atom stereocenters. The van der Waals surface area contributed by atoms with E-state index in [0.717, 1.165) is 30.2 Å². The largest absolute Gasteiger partial charge is 0.481 e. The third-order valence-corrected chi connectivity index (χ3v) is 3.44. The summed E-state index contributed by atoms with van der Waals surface area (Å²) in [5.74, 6) is -0.811. The van der Waals surface area contributed by atoms with Gasteiger partial charge in [-0.15, -0.1) is 0 Å². The van der Waals surface area contributed by atoms with Crippen LogP contribution < -0.4 is 5.32 Å². The first kappa shape index (κ1) is 15.1. The van der Waals surface area contributed by atoms with Crippen LogP contribution >= 0.6 is 0 Å². The Balaban J connectivity index is 1.73. The number of hydrogen-bond donors (Lipinski definition) is 3. The molecule has 0 bridgehead atoms. The number of nitrogens with one attached hydrogen (secondary N) is 2. The molecule has 1 aromatic carbocycles. The molecule has 3 N–H and O–H groups in total. The zero-order chi connectivity index (χ0) is 15.1. The Morgan fingerprint density at radius 3 is 2.71 bits per heavy atom. The molecule has 112 valence electrons. The molecular formula is C16H20N2O3. The van der Waals surface area contributed by atoms with Crippen molar-refractivity contribution in [3.8, 4) is 0 Å². The summed E-state index contributed by atoms with van der Waals surface area (Å²) in [7, 11) is 0. The molecule has 0 spiro atoms. The molecule has 0 aliphatic rings. The number of hydrogen-bond acceptors (Lipinski definition) is 2. The molecule has 1 aromatic heterocycles. The maximum Gasteiger partial charge on any atom is 0.303 e. The van der Waals surface area contributed by atoms with Crippen LogP contribution in [0.4, 0.5) is 0 Å².